The number of fused-ring (bicyclic) bond motifs is 3. The highest BCUT2D eigenvalue weighted by Gasteiger charge is 2.33. The number of carbonyl (C=O) groups is 1. The Bertz CT molecular complexity index is 1620. The summed E-state index contributed by atoms with van der Waals surface area (Å²) in [5, 5.41) is 10.1. The smallest absolute Gasteiger partial charge is 0.407 e. The van der Waals surface area contributed by atoms with E-state index >= 15 is 0 Å². The standard InChI is InChI=1S/C26H24F2N4O4/c1-12-15(17-9-19(28)20(29)10-18(17)27)6-7-16-22(12)32(14-4-5-14)25(33)21-23(16)36-24(30-21)13-3-2-8-31(11-13)26(34)35/h6-7,9-10,13-14H,2-5,8,11,29H2,1H3,(H,34,35)/t13-/m1/s1. The second-order valence-electron chi connectivity index (χ2n) is 9.69. The molecule has 1 atom stereocenters. The normalized spacial score (nSPS) is 18.3. The number of aryl methyl sites for hydroxylation is 1. The van der Waals surface area contributed by atoms with Gasteiger partial charge in [-0.25, -0.2) is 18.6 Å². The number of benzene rings is 2. The van der Waals surface area contributed by atoms with Gasteiger partial charge in [0, 0.05) is 36.1 Å². The molecule has 8 nitrogen and oxygen atoms in total. The number of anilines is 1. The van der Waals surface area contributed by atoms with Crippen LogP contribution in [0.15, 0.2) is 33.5 Å². The molecule has 0 radical (unpaired) electrons. The molecule has 2 aliphatic rings. The molecule has 0 bridgehead atoms. The van der Waals surface area contributed by atoms with Crippen molar-refractivity contribution in [1.82, 2.24) is 14.5 Å². The Labute approximate surface area is 203 Å². The molecule has 1 saturated heterocycles. The van der Waals surface area contributed by atoms with Gasteiger partial charge >= 0.3 is 6.09 Å². The van der Waals surface area contributed by atoms with Gasteiger partial charge in [-0.15, -0.1) is 0 Å². The van der Waals surface area contributed by atoms with Crippen molar-refractivity contribution < 1.29 is 23.1 Å². The van der Waals surface area contributed by atoms with Gasteiger partial charge in [0.15, 0.2) is 11.1 Å². The first-order valence-electron chi connectivity index (χ1n) is 12.0. The number of aromatic nitrogens is 2. The third-order valence-corrected chi connectivity index (χ3v) is 7.31. The van der Waals surface area contributed by atoms with Crippen molar-refractivity contribution in [2.75, 3.05) is 18.8 Å². The SMILES string of the molecule is Cc1c(-c2cc(F)c(N)cc2F)ccc2c3oc([C@@H]4CCCN(C(=O)O)C4)nc3c(=O)n(C3CC3)c12. The lowest BCUT2D eigenvalue weighted by Gasteiger charge is -2.28. The number of nitrogen functional groups attached to an aromatic ring is 1. The number of hydrogen-bond donors (Lipinski definition) is 2. The van der Waals surface area contributed by atoms with Crippen LogP contribution in [0.1, 0.15) is 49.1 Å². The van der Waals surface area contributed by atoms with E-state index in [9.17, 15) is 23.5 Å². The van der Waals surface area contributed by atoms with E-state index in [2.05, 4.69) is 4.98 Å². The fraction of sp³-hybridized carbons (Fsp3) is 0.346. The molecule has 3 heterocycles. The summed E-state index contributed by atoms with van der Waals surface area (Å²) in [5.41, 5.74) is 7.21. The van der Waals surface area contributed by atoms with Crippen LogP contribution in [0.5, 0.6) is 0 Å². The van der Waals surface area contributed by atoms with E-state index in [0.717, 1.165) is 25.0 Å². The maximum atomic E-state index is 14.8. The molecule has 1 aliphatic carbocycles. The summed E-state index contributed by atoms with van der Waals surface area (Å²) < 4.78 is 36.9. The van der Waals surface area contributed by atoms with Gasteiger partial charge in [0.05, 0.1) is 17.1 Å². The number of amides is 1. The highest BCUT2D eigenvalue weighted by molar-refractivity contribution is 6.04. The number of oxazole rings is 1. The average Bonchev–Trinajstić information content (AvgIpc) is 3.59. The van der Waals surface area contributed by atoms with Crippen LogP contribution < -0.4 is 11.3 Å². The minimum absolute atomic E-state index is 0.0105. The second-order valence-corrected chi connectivity index (χ2v) is 9.69. The number of rotatable bonds is 3. The Kier molecular flexibility index (Phi) is 5.03. The maximum absolute atomic E-state index is 14.8. The number of pyridine rings is 1. The van der Waals surface area contributed by atoms with Gasteiger partial charge in [-0.3, -0.25) is 4.79 Å². The summed E-state index contributed by atoms with van der Waals surface area (Å²) in [5.74, 6) is -1.28. The third kappa shape index (κ3) is 3.42. The molecule has 6 rings (SSSR count). The summed E-state index contributed by atoms with van der Waals surface area (Å²) in [6, 6.07) is 5.44. The fourth-order valence-corrected chi connectivity index (χ4v) is 5.34. The topological polar surface area (TPSA) is 115 Å². The number of nitrogens with zero attached hydrogens (tertiary/aromatic N) is 3. The Morgan fingerprint density at radius 2 is 1.94 bits per heavy atom. The van der Waals surface area contributed by atoms with Gasteiger partial charge in [-0.2, -0.15) is 0 Å². The van der Waals surface area contributed by atoms with Crippen molar-refractivity contribution in [2.45, 2.75) is 44.6 Å². The molecule has 10 heteroatoms. The predicted octanol–water partition coefficient (Wildman–Crippen LogP) is 5.17. The molecule has 1 saturated carbocycles. The number of hydrogen-bond acceptors (Lipinski definition) is 5. The molecule has 186 valence electrons. The van der Waals surface area contributed by atoms with Crippen molar-refractivity contribution in [3.63, 3.8) is 0 Å². The van der Waals surface area contributed by atoms with Crippen molar-refractivity contribution >= 4 is 33.8 Å². The van der Waals surface area contributed by atoms with Crippen molar-refractivity contribution in [2.24, 2.45) is 0 Å². The van der Waals surface area contributed by atoms with E-state index in [-0.39, 0.29) is 40.8 Å². The molecule has 2 fully saturated rings. The summed E-state index contributed by atoms with van der Waals surface area (Å²) in [6.07, 6.45) is 2.05. The number of halogens is 2. The molecule has 36 heavy (non-hydrogen) atoms. The van der Waals surface area contributed by atoms with Crippen LogP contribution >= 0.6 is 0 Å². The number of nitrogens with two attached hydrogens (primary N) is 1. The van der Waals surface area contributed by atoms with Crippen LogP contribution in [-0.2, 0) is 0 Å². The molecule has 2 aromatic heterocycles. The van der Waals surface area contributed by atoms with Gasteiger partial charge in [-0.05, 0) is 55.9 Å². The molecule has 1 aliphatic heterocycles. The monoisotopic (exact) mass is 494 g/mol. The van der Waals surface area contributed by atoms with E-state index in [1.807, 2.05) is 0 Å². The maximum Gasteiger partial charge on any atom is 0.407 e. The Morgan fingerprint density at radius 3 is 2.67 bits per heavy atom. The van der Waals surface area contributed by atoms with Crippen LogP contribution in [0.2, 0.25) is 0 Å². The van der Waals surface area contributed by atoms with E-state index in [1.54, 1.807) is 23.6 Å². The Hall–Kier alpha value is -3.95. The molecular weight excluding hydrogens is 470 g/mol. The summed E-state index contributed by atoms with van der Waals surface area (Å²) >= 11 is 0. The molecular formula is C26H24F2N4O4. The Morgan fingerprint density at radius 1 is 1.17 bits per heavy atom. The predicted molar refractivity (Wildman–Crippen MR) is 130 cm³/mol. The van der Waals surface area contributed by atoms with Crippen molar-refractivity contribution in [1.29, 1.82) is 0 Å². The minimum Gasteiger partial charge on any atom is -0.465 e. The van der Waals surface area contributed by atoms with Gasteiger partial charge < -0.3 is 24.7 Å². The summed E-state index contributed by atoms with van der Waals surface area (Å²) in [4.78, 5) is 31.0. The first-order chi connectivity index (χ1) is 17.2. The van der Waals surface area contributed by atoms with E-state index in [4.69, 9.17) is 10.2 Å². The van der Waals surface area contributed by atoms with Crippen LogP contribution in [0.4, 0.5) is 19.3 Å². The lowest BCUT2D eigenvalue weighted by Crippen LogP contribution is -2.38. The highest BCUT2D eigenvalue weighted by Crippen LogP contribution is 2.41. The zero-order valence-electron chi connectivity index (χ0n) is 19.6. The summed E-state index contributed by atoms with van der Waals surface area (Å²) in [6.45, 7) is 2.48. The molecule has 3 N–H and O–H groups in total. The van der Waals surface area contributed by atoms with Crippen LogP contribution in [-0.4, -0.2) is 38.7 Å². The minimum atomic E-state index is -0.994. The lowest BCUT2D eigenvalue weighted by atomic mass is 9.96. The molecule has 0 unspecified atom stereocenters. The number of carboxylic acid groups (broad SMARTS) is 1. The van der Waals surface area contributed by atoms with Crippen molar-refractivity contribution in [3.8, 4) is 11.1 Å². The quantitative estimate of drug-likeness (QED) is 0.380. The van der Waals surface area contributed by atoms with Gasteiger partial charge in [0.2, 0.25) is 5.89 Å². The zero-order valence-corrected chi connectivity index (χ0v) is 19.6. The Balaban J connectivity index is 1.58. The van der Waals surface area contributed by atoms with Crippen LogP contribution in [0.25, 0.3) is 33.1 Å². The first-order valence-corrected chi connectivity index (χ1v) is 12.0. The zero-order chi connectivity index (χ0) is 25.3. The third-order valence-electron chi connectivity index (χ3n) is 7.31. The van der Waals surface area contributed by atoms with E-state index in [0.29, 0.717) is 52.9 Å². The largest absolute Gasteiger partial charge is 0.465 e. The first kappa shape index (κ1) is 22.5. The average molecular weight is 494 g/mol. The van der Waals surface area contributed by atoms with Crippen LogP contribution in [0, 0.1) is 18.6 Å². The van der Waals surface area contributed by atoms with E-state index < -0.39 is 17.7 Å². The molecule has 0 spiro atoms. The number of likely N-dealkylation sites (tertiary alicyclic amines) is 1. The fourth-order valence-electron chi connectivity index (χ4n) is 5.34. The molecule has 1 amide bonds. The molecule has 4 aromatic rings. The van der Waals surface area contributed by atoms with Gasteiger partial charge in [0.25, 0.3) is 5.56 Å². The summed E-state index contributed by atoms with van der Waals surface area (Å²) in [7, 11) is 0. The van der Waals surface area contributed by atoms with Crippen molar-refractivity contribution in [3.05, 3.63) is 57.7 Å². The highest BCUT2D eigenvalue weighted by atomic mass is 19.1. The lowest BCUT2D eigenvalue weighted by molar-refractivity contribution is 0.127. The van der Waals surface area contributed by atoms with E-state index in [1.165, 1.54) is 4.90 Å². The van der Waals surface area contributed by atoms with Crippen LogP contribution in [0.3, 0.4) is 0 Å². The van der Waals surface area contributed by atoms with Gasteiger partial charge in [0.1, 0.15) is 11.6 Å². The molecule has 2 aromatic carbocycles. The van der Waals surface area contributed by atoms with Gasteiger partial charge in [-0.1, -0.05) is 6.07 Å². The number of piperidine rings is 1. The second kappa shape index (κ2) is 8.04.